The Balaban J connectivity index is 3.05. The summed E-state index contributed by atoms with van der Waals surface area (Å²) in [5.74, 6) is 0.0998. The van der Waals surface area contributed by atoms with Crippen LogP contribution in [-0.4, -0.2) is 13.7 Å². The minimum absolute atomic E-state index is 0.308. The Hall–Kier alpha value is -1.13. The van der Waals surface area contributed by atoms with Crippen LogP contribution in [0.3, 0.4) is 0 Å². The van der Waals surface area contributed by atoms with E-state index in [9.17, 15) is 4.39 Å². The van der Waals surface area contributed by atoms with Crippen LogP contribution >= 0.6 is 0 Å². The van der Waals surface area contributed by atoms with Gasteiger partial charge in [0.2, 0.25) is 0 Å². The second-order valence-electron chi connectivity index (χ2n) is 2.73. The van der Waals surface area contributed by atoms with Gasteiger partial charge in [-0.05, 0) is 6.07 Å². The summed E-state index contributed by atoms with van der Waals surface area (Å²) >= 11 is 0. The van der Waals surface area contributed by atoms with Crippen molar-refractivity contribution in [2.45, 2.75) is 6.04 Å². The first-order chi connectivity index (χ1) is 6.19. The summed E-state index contributed by atoms with van der Waals surface area (Å²) in [6.07, 6.45) is 0. The zero-order chi connectivity index (χ0) is 9.84. The first kappa shape index (κ1) is 9.95. The number of benzene rings is 1. The third-order valence-corrected chi connectivity index (χ3v) is 1.85. The van der Waals surface area contributed by atoms with E-state index >= 15 is 0 Å². The van der Waals surface area contributed by atoms with Crippen LogP contribution in [0.15, 0.2) is 18.2 Å². The van der Waals surface area contributed by atoms with Crippen molar-refractivity contribution in [2.75, 3.05) is 13.7 Å². The molecular weight excluding hydrogens is 171 g/mol. The van der Waals surface area contributed by atoms with Crippen molar-refractivity contribution in [2.24, 2.45) is 11.5 Å². The highest BCUT2D eigenvalue weighted by Crippen LogP contribution is 2.23. The number of methoxy groups -OCH3 is 1. The molecule has 1 unspecified atom stereocenters. The maximum atomic E-state index is 12.7. The maximum absolute atomic E-state index is 12.7. The zero-order valence-corrected chi connectivity index (χ0v) is 7.46. The van der Waals surface area contributed by atoms with Gasteiger partial charge in [0.25, 0.3) is 0 Å². The fraction of sp³-hybridized carbons (Fsp3) is 0.333. The summed E-state index contributed by atoms with van der Waals surface area (Å²) in [5.41, 5.74) is 11.8. The van der Waals surface area contributed by atoms with E-state index in [1.54, 1.807) is 6.07 Å². The lowest BCUT2D eigenvalue weighted by atomic mass is 10.1. The SMILES string of the molecule is COc1cc(F)ccc1C(N)CN. The van der Waals surface area contributed by atoms with Crippen LogP contribution in [0, 0.1) is 5.82 Å². The number of nitrogens with two attached hydrogens (primary N) is 2. The Morgan fingerprint density at radius 1 is 1.54 bits per heavy atom. The van der Waals surface area contributed by atoms with Gasteiger partial charge in [0, 0.05) is 24.2 Å². The molecule has 3 nitrogen and oxygen atoms in total. The molecule has 0 aliphatic heterocycles. The van der Waals surface area contributed by atoms with E-state index in [1.165, 1.54) is 19.2 Å². The number of hydrogen-bond donors (Lipinski definition) is 2. The maximum Gasteiger partial charge on any atom is 0.126 e. The molecule has 0 spiro atoms. The van der Waals surface area contributed by atoms with Crippen molar-refractivity contribution in [1.82, 2.24) is 0 Å². The van der Waals surface area contributed by atoms with E-state index in [1.807, 2.05) is 0 Å². The van der Waals surface area contributed by atoms with Crippen LogP contribution in [0.1, 0.15) is 11.6 Å². The lowest BCUT2D eigenvalue weighted by molar-refractivity contribution is 0.402. The Morgan fingerprint density at radius 3 is 2.77 bits per heavy atom. The second kappa shape index (κ2) is 4.20. The average molecular weight is 184 g/mol. The molecule has 13 heavy (non-hydrogen) atoms. The normalized spacial score (nSPS) is 12.6. The van der Waals surface area contributed by atoms with E-state index in [2.05, 4.69) is 0 Å². The van der Waals surface area contributed by atoms with Crippen LogP contribution < -0.4 is 16.2 Å². The van der Waals surface area contributed by atoms with Crippen LogP contribution in [-0.2, 0) is 0 Å². The van der Waals surface area contributed by atoms with Crippen LogP contribution in [0.25, 0.3) is 0 Å². The van der Waals surface area contributed by atoms with Gasteiger partial charge in [0.15, 0.2) is 0 Å². The van der Waals surface area contributed by atoms with Crippen LogP contribution in [0.2, 0.25) is 0 Å². The van der Waals surface area contributed by atoms with Crippen molar-refractivity contribution >= 4 is 0 Å². The number of hydrogen-bond acceptors (Lipinski definition) is 3. The number of halogens is 1. The smallest absolute Gasteiger partial charge is 0.126 e. The molecule has 0 saturated carbocycles. The monoisotopic (exact) mass is 184 g/mol. The zero-order valence-electron chi connectivity index (χ0n) is 7.46. The van der Waals surface area contributed by atoms with Gasteiger partial charge in [-0.15, -0.1) is 0 Å². The molecule has 0 bridgehead atoms. The lowest BCUT2D eigenvalue weighted by Crippen LogP contribution is -2.21. The van der Waals surface area contributed by atoms with E-state index in [0.717, 1.165) is 5.56 Å². The molecule has 1 rings (SSSR count). The molecule has 0 aliphatic carbocycles. The summed E-state index contributed by atoms with van der Waals surface area (Å²) < 4.78 is 17.7. The van der Waals surface area contributed by atoms with E-state index < -0.39 is 0 Å². The highest BCUT2D eigenvalue weighted by molar-refractivity contribution is 5.36. The topological polar surface area (TPSA) is 61.3 Å². The van der Waals surface area contributed by atoms with Crippen molar-refractivity contribution in [3.63, 3.8) is 0 Å². The molecule has 0 heterocycles. The fourth-order valence-corrected chi connectivity index (χ4v) is 1.12. The van der Waals surface area contributed by atoms with Crippen LogP contribution in [0.4, 0.5) is 4.39 Å². The molecule has 0 radical (unpaired) electrons. The molecule has 1 aromatic rings. The molecular formula is C9H13FN2O. The number of rotatable bonds is 3. The van der Waals surface area contributed by atoms with E-state index in [4.69, 9.17) is 16.2 Å². The van der Waals surface area contributed by atoms with E-state index in [0.29, 0.717) is 12.3 Å². The van der Waals surface area contributed by atoms with Gasteiger partial charge in [-0.1, -0.05) is 6.07 Å². The van der Waals surface area contributed by atoms with Crippen molar-refractivity contribution in [3.8, 4) is 5.75 Å². The first-order valence-corrected chi connectivity index (χ1v) is 3.98. The van der Waals surface area contributed by atoms with Gasteiger partial charge in [-0.2, -0.15) is 0 Å². The van der Waals surface area contributed by atoms with Crippen molar-refractivity contribution in [1.29, 1.82) is 0 Å². The Labute approximate surface area is 76.5 Å². The molecule has 0 saturated heterocycles. The Kier molecular flexibility index (Phi) is 3.22. The highest BCUT2D eigenvalue weighted by Gasteiger charge is 2.10. The Bertz CT molecular complexity index is 291. The third kappa shape index (κ3) is 2.17. The molecule has 0 amide bonds. The van der Waals surface area contributed by atoms with Gasteiger partial charge in [-0.25, -0.2) is 4.39 Å². The summed E-state index contributed by atoms with van der Waals surface area (Å²) in [7, 11) is 1.47. The number of ether oxygens (including phenoxy) is 1. The fourth-order valence-electron chi connectivity index (χ4n) is 1.12. The minimum atomic E-state index is -0.343. The largest absolute Gasteiger partial charge is 0.496 e. The van der Waals surface area contributed by atoms with Gasteiger partial charge in [0.1, 0.15) is 11.6 Å². The van der Waals surface area contributed by atoms with Crippen molar-refractivity contribution in [3.05, 3.63) is 29.6 Å². The predicted molar refractivity (Wildman–Crippen MR) is 48.9 cm³/mol. The molecule has 1 aromatic carbocycles. The summed E-state index contributed by atoms with van der Waals surface area (Å²) in [4.78, 5) is 0. The molecule has 1 atom stereocenters. The van der Waals surface area contributed by atoms with Gasteiger partial charge >= 0.3 is 0 Å². The molecule has 0 aliphatic rings. The Morgan fingerprint density at radius 2 is 2.23 bits per heavy atom. The standard InChI is InChI=1S/C9H13FN2O/c1-13-9-4-6(10)2-3-7(9)8(12)5-11/h2-4,8H,5,11-12H2,1H3. The lowest BCUT2D eigenvalue weighted by Gasteiger charge is -2.13. The molecule has 4 N–H and O–H groups in total. The predicted octanol–water partition coefficient (Wildman–Crippen LogP) is 0.793. The van der Waals surface area contributed by atoms with Gasteiger partial charge in [0.05, 0.1) is 7.11 Å². The second-order valence-corrected chi connectivity index (χ2v) is 2.73. The minimum Gasteiger partial charge on any atom is -0.496 e. The van der Waals surface area contributed by atoms with E-state index in [-0.39, 0.29) is 11.9 Å². The first-order valence-electron chi connectivity index (χ1n) is 3.98. The van der Waals surface area contributed by atoms with Crippen LogP contribution in [0.5, 0.6) is 5.75 Å². The molecule has 4 heteroatoms. The summed E-state index contributed by atoms with van der Waals surface area (Å²) in [5, 5.41) is 0. The molecule has 72 valence electrons. The summed E-state index contributed by atoms with van der Waals surface area (Å²) in [6.45, 7) is 0.308. The molecule has 0 fully saturated rings. The summed E-state index contributed by atoms with van der Waals surface area (Å²) in [6, 6.07) is 3.92. The average Bonchev–Trinajstić information content (AvgIpc) is 2.16. The third-order valence-electron chi connectivity index (χ3n) is 1.85. The quantitative estimate of drug-likeness (QED) is 0.730. The van der Waals surface area contributed by atoms with Gasteiger partial charge < -0.3 is 16.2 Å². The van der Waals surface area contributed by atoms with Crippen molar-refractivity contribution < 1.29 is 9.13 Å². The van der Waals surface area contributed by atoms with Gasteiger partial charge in [-0.3, -0.25) is 0 Å². The highest BCUT2D eigenvalue weighted by atomic mass is 19.1. The molecule has 0 aromatic heterocycles.